The number of nitrogens with two attached hydrogens (primary N) is 1. The summed E-state index contributed by atoms with van der Waals surface area (Å²) in [6, 6.07) is 8.28. The van der Waals surface area contributed by atoms with E-state index in [1.165, 1.54) is 5.56 Å². The molecule has 0 saturated carbocycles. The molecular weight excluding hydrogens is 237 g/mol. The van der Waals surface area contributed by atoms with Gasteiger partial charge >= 0.3 is 0 Å². The molecule has 3 heteroatoms. The van der Waals surface area contributed by atoms with E-state index in [9.17, 15) is 0 Å². The van der Waals surface area contributed by atoms with Gasteiger partial charge in [0, 0.05) is 4.47 Å². The van der Waals surface area contributed by atoms with Crippen LogP contribution in [0.15, 0.2) is 28.7 Å². The van der Waals surface area contributed by atoms with E-state index < -0.39 is 0 Å². The van der Waals surface area contributed by atoms with Gasteiger partial charge in [-0.05, 0) is 30.2 Å². The van der Waals surface area contributed by atoms with Crippen LogP contribution in [0.5, 0.6) is 0 Å². The van der Waals surface area contributed by atoms with Crippen molar-refractivity contribution in [1.29, 1.82) is 0 Å². The Bertz CT molecular complexity index is 222. The number of benzene rings is 1. The van der Waals surface area contributed by atoms with Crippen LogP contribution in [0, 0.1) is 0 Å². The Morgan fingerprint density at radius 1 is 1.33 bits per heavy atom. The maximum atomic E-state index is 5.53. The minimum atomic E-state index is 0. The first-order chi connectivity index (χ1) is 5.24. The first-order valence-electron chi connectivity index (χ1n) is 3.69. The second-order valence-electron chi connectivity index (χ2n) is 2.69. The molecule has 2 N–H and O–H groups in total. The molecule has 1 atom stereocenters. The summed E-state index contributed by atoms with van der Waals surface area (Å²) in [5.41, 5.74) is 6.83. The van der Waals surface area contributed by atoms with Gasteiger partial charge in [-0.25, -0.2) is 0 Å². The normalized spacial score (nSPS) is 11.9. The second kappa shape index (κ2) is 5.57. The molecule has 1 rings (SSSR count). The molecule has 1 aromatic carbocycles. The second-order valence-corrected chi connectivity index (χ2v) is 3.60. The van der Waals surface area contributed by atoms with Gasteiger partial charge in [0.25, 0.3) is 0 Å². The van der Waals surface area contributed by atoms with Crippen molar-refractivity contribution in [3.05, 3.63) is 34.3 Å². The molecule has 0 aliphatic heterocycles. The Hall–Kier alpha value is -0.0500. The maximum absolute atomic E-state index is 5.53. The quantitative estimate of drug-likeness (QED) is 0.858. The summed E-state index contributed by atoms with van der Waals surface area (Å²) >= 11 is 3.39. The Morgan fingerprint density at radius 3 is 2.25 bits per heavy atom. The van der Waals surface area contributed by atoms with Crippen LogP contribution in [0.25, 0.3) is 0 Å². The summed E-state index contributed by atoms with van der Waals surface area (Å²) in [5, 5.41) is 0. The van der Waals surface area contributed by atoms with E-state index in [2.05, 4.69) is 35.0 Å². The molecule has 0 aromatic heterocycles. The minimum Gasteiger partial charge on any atom is -0.330 e. The molecule has 0 saturated heterocycles. The number of hydrogen-bond acceptors (Lipinski definition) is 1. The average Bonchev–Trinajstić information content (AvgIpc) is 2.05. The zero-order valence-corrected chi connectivity index (χ0v) is 9.36. The smallest absolute Gasteiger partial charge is 0.0175 e. The largest absolute Gasteiger partial charge is 0.330 e. The zero-order chi connectivity index (χ0) is 8.27. The minimum absolute atomic E-state index is 0. The molecule has 0 aliphatic rings. The van der Waals surface area contributed by atoms with Crippen molar-refractivity contribution in [2.24, 2.45) is 5.73 Å². The van der Waals surface area contributed by atoms with Crippen LogP contribution in [-0.4, -0.2) is 6.54 Å². The van der Waals surface area contributed by atoms with Crippen molar-refractivity contribution in [1.82, 2.24) is 0 Å². The van der Waals surface area contributed by atoms with E-state index >= 15 is 0 Å². The molecule has 0 radical (unpaired) electrons. The Kier molecular flexibility index (Phi) is 5.55. The van der Waals surface area contributed by atoms with Crippen LogP contribution in [0.1, 0.15) is 18.4 Å². The van der Waals surface area contributed by atoms with E-state index in [4.69, 9.17) is 5.73 Å². The highest BCUT2D eigenvalue weighted by Crippen LogP contribution is 2.16. The molecular formula is C9H13BrClN. The van der Waals surface area contributed by atoms with Gasteiger partial charge in [-0.15, -0.1) is 12.4 Å². The first kappa shape index (κ1) is 11.9. The van der Waals surface area contributed by atoms with E-state index in [-0.39, 0.29) is 12.4 Å². The van der Waals surface area contributed by atoms with E-state index in [1.807, 2.05) is 12.1 Å². The monoisotopic (exact) mass is 249 g/mol. The lowest BCUT2D eigenvalue weighted by molar-refractivity contribution is 0.774. The van der Waals surface area contributed by atoms with Crippen LogP contribution in [0.4, 0.5) is 0 Å². The summed E-state index contributed by atoms with van der Waals surface area (Å²) < 4.78 is 1.12. The van der Waals surface area contributed by atoms with Crippen LogP contribution in [-0.2, 0) is 0 Å². The predicted octanol–water partition coefficient (Wildman–Crippen LogP) is 2.93. The van der Waals surface area contributed by atoms with Crippen molar-refractivity contribution in [3.63, 3.8) is 0 Å². The van der Waals surface area contributed by atoms with Crippen LogP contribution in [0.3, 0.4) is 0 Å². The summed E-state index contributed by atoms with van der Waals surface area (Å²) in [6.07, 6.45) is 0. The summed E-state index contributed by atoms with van der Waals surface area (Å²) in [4.78, 5) is 0. The molecule has 0 spiro atoms. The summed E-state index contributed by atoms with van der Waals surface area (Å²) in [7, 11) is 0. The van der Waals surface area contributed by atoms with Gasteiger partial charge in [0.05, 0.1) is 0 Å². The molecule has 1 unspecified atom stereocenters. The van der Waals surface area contributed by atoms with Gasteiger partial charge < -0.3 is 5.73 Å². The highest BCUT2D eigenvalue weighted by molar-refractivity contribution is 9.10. The molecule has 12 heavy (non-hydrogen) atoms. The molecule has 0 amide bonds. The van der Waals surface area contributed by atoms with Gasteiger partial charge in [0.2, 0.25) is 0 Å². The highest BCUT2D eigenvalue weighted by atomic mass is 79.9. The van der Waals surface area contributed by atoms with Gasteiger partial charge in [0.1, 0.15) is 0 Å². The molecule has 0 fully saturated rings. The molecule has 68 valence electrons. The Morgan fingerprint density at radius 2 is 1.83 bits per heavy atom. The fourth-order valence-corrected chi connectivity index (χ4v) is 1.19. The third-order valence-corrected chi connectivity index (χ3v) is 2.32. The van der Waals surface area contributed by atoms with Crippen molar-refractivity contribution in [3.8, 4) is 0 Å². The molecule has 0 heterocycles. The van der Waals surface area contributed by atoms with E-state index in [0.29, 0.717) is 12.5 Å². The SMILES string of the molecule is CC(CN)c1ccc(Br)cc1.Cl. The number of rotatable bonds is 2. The van der Waals surface area contributed by atoms with Gasteiger partial charge in [-0.1, -0.05) is 35.0 Å². The van der Waals surface area contributed by atoms with Crippen LogP contribution < -0.4 is 5.73 Å². The van der Waals surface area contributed by atoms with Gasteiger partial charge in [-0.2, -0.15) is 0 Å². The van der Waals surface area contributed by atoms with Crippen LogP contribution in [0.2, 0.25) is 0 Å². The third-order valence-electron chi connectivity index (χ3n) is 1.79. The first-order valence-corrected chi connectivity index (χ1v) is 4.49. The molecule has 1 aromatic rings. The topological polar surface area (TPSA) is 26.0 Å². The lowest BCUT2D eigenvalue weighted by Gasteiger charge is -2.07. The van der Waals surface area contributed by atoms with Crippen LogP contribution >= 0.6 is 28.3 Å². The lowest BCUT2D eigenvalue weighted by atomic mass is 10.0. The lowest BCUT2D eigenvalue weighted by Crippen LogP contribution is -2.08. The standard InChI is InChI=1S/C9H12BrN.ClH/c1-7(6-11)8-2-4-9(10)5-3-8;/h2-5,7H,6,11H2,1H3;1H. The fourth-order valence-electron chi connectivity index (χ4n) is 0.927. The Balaban J connectivity index is 0.00000121. The van der Waals surface area contributed by atoms with Gasteiger partial charge in [-0.3, -0.25) is 0 Å². The Labute approximate surface area is 87.9 Å². The van der Waals surface area contributed by atoms with Crippen molar-refractivity contribution in [2.45, 2.75) is 12.8 Å². The fraction of sp³-hybridized carbons (Fsp3) is 0.333. The maximum Gasteiger partial charge on any atom is 0.0175 e. The number of hydrogen-bond donors (Lipinski definition) is 1. The third kappa shape index (κ3) is 3.13. The average molecular weight is 251 g/mol. The van der Waals surface area contributed by atoms with Gasteiger partial charge in [0.15, 0.2) is 0 Å². The summed E-state index contributed by atoms with van der Waals surface area (Å²) in [6.45, 7) is 2.84. The summed E-state index contributed by atoms with van der Waals surface area (Å²) in [5.74, 6) is 0.461. The van der Waals surface area contributed by atoms with E-state index in [0.717, 1.165) is 4.47 Å². The highest BCUT2D eigenvalue weighted by Gasteiger charge is 2.00. The molecule has 1 nitrogen and oxygen atoms in total. The molecule has 0 bridgehead atoms. The van der Waals surface area contributed by atoms with Crippen molar-refractivity contribution in [2.75, 3.05) is 6.54 Å². The molecule has 0 aliphatic carbocycles. The van der Waals surface area contributed by atoms with Crippen molar-refractivity contribution >= 4 is 28.3 Å². The van der Waals surface area contributed by atoms with E-state index in [1.54, 1.807) is 0 Å². The number of halogens is 2. The predicted molar refractivity (Wildman–Crippen MR) is 58.9 cm³/mol. The van der Waals surface area contributed by atoms with Crippen molar-refractivity contribution < 1.29 is 0 Å². The zero-order valence-electron chi connectivity index (χ0n) is 6.96.